The third-order valence-corrected chi connectivity index (χ3v) is 1.71. The fourth-order valence-corrected chi connectivity index (χ4v) is 1.11. The zero-order valence-corrected chi connectivity index (χ0v) is 5.86. The standard InChI is InChI=1S/C7H9N3/c1-6-2-3-10-5-8-9-7(10)4-6/h2-4,7H,5H2,1H3. The molecule has 0 amide bonds. The van der Waals surface area contributed by atoms with Crippen molar-refractivity contribution in [2.24, 2.45) is 10.2 Å². The Hall–Kier alpha value is -1.12. The summed E-state index contributed by atoms with van der Waals surface area (Å²) in [6.07, 6.45) is 6.41. The average molecular weight is 135 g/mol. The topological polar surface area (TPSA) is 28.0 Å². The Kier molecular flexibility index (Phi) is 1.09. The molecule has 0 saturated heterocycles. The fourth-order valence-electron chi connectivity index (χ4n) is 1.11. The van der Waals surface area contributed by atoms with E-state index in [1.807, 2.05) is 6.20 Å². The smallest absolute Gasteiger partial charge is 0.162 e. The van der Waals surface area contributed by atoms with Gasteiger partial charge in [-0.25, -0.2) is 0 Å². The van der Waals surface area contributed by atoms with Gasteiger partial charge >= 0.3 is 0 Å². The zero-order chi connectivity index (χ0) is 6.97. The van der Waals surface area contributed by atoms with Gasteiger partial charge in [0.15, 0.2) is 6.17 Å². The monoisotopic (exact) mass is 135 g/mol. The molecule has 52 valence electrons. The first-order chi connectivity index (χ1) is 4.86. The maximum Gasteiger partial charge on any atom is 0.162 e. The molecule has 0 aromatic heterocycles. The van der Waals surface area contributed by atoms with Gasteiger partial charge < -0.3 is 4.90 Å². The van der Waals surface area contributed by atoms with Gasteiger partial charge in [-0.2, -0.15) is 10.2 Å². The summed E-state index contributed by atoms with van der Waals surface area (Å²) >= 11 is 0. The molecule has 3 nitrogen and oxygen atoms in total. The summed E-state index contributed by atoms with van der Waals surface area (Å²) in [5.74, 6) is 0. The van der Waals surface area contributed by atoms with Gasteiger partial charge in [-0.1, -0.05) is 0 Å². The largest absolute Gasteiger partial charge is 0.330 e. The Morgan fingerprint density at radius 2 is 2.60 bits per heavy atom. The molecule has 0 N–H and O–H groups in total. The number of hydrogen-bond acceptors (Lipinski definition) is 3. The molecule has 10 heavy (non-hydrogen) atoms. The highest BCUT2D eigenvalue weighted by atomic mass is 15.4. The molecule has 0 bridgehead atoms. The lowest BCUT2D eigenvalue weighted by molar-refractivity contribution is 0.382. The molecule has 0 aliphatic carbocycles. The van der Waals surface area contributed by atoms with E-state index in [1.165, 1.54) is 5.57 Å². The van der Waals surface area contributed by atoms with Crippen LogP contribution in [0.3, 0.4) is 0 Å². The number of fused-ring (bicyclic) bond motifs is 1. The van der Waals surface area contributed by atoms with Crippen LogP contribution in [-0.2, 0) is 0 Å². The second-order valence-electron chi connectivity index (χ2n) is 2.55. The average Bonchev–Trinajstić information content (AvgIpc) is 2.33. The van der Waals surface area contributed by atoms with Crippen LogP contribution < -0.4 is 0 Å². The fraction of sp³-hybridized carbons (Fsp3) is 0.429. The van der Waals surface area contributed by atoms with E-state index in [9.17, 15) is 0 Å². The zero-order valence-electron chi connectivity index (χ0n) is 5.86. The third kappa shape index (κ3) is 0.744. The molecule has 0 spiro atoms. The lowest BCUT2D eigenvalue weighted by atomic mass is 10.2. The summed E-state index contributed by atoms with van der Waals surface area (Å²) in [4.78, 5) is 2.09. The number of nitrogens with zero attached hydrogens (tertiary/aromatic N) is 3. The molecule has 2 rings (SSSR count). The molecule has 0 aromatic carbocycles. The molecule has 1 unspecified atom stereocenters. The lowest BCUT2D eigenvalue weighted by Gasteiger charge is -2.19. The van der Waals surface area contributed by atoms with Gasteiger partial charge in [0.2, 0.25) is 0 Å². The van der Waals surface area contributed by atoms with Crippen LogP contribution in [0, 0.1) is 0 Å². The van der Waals surface area contributed by atoms with E-state index in [4.69, 9.17) is 0 Å². The van der Waals surface area contributed by atoms with Crippen LogP contribution in [0.1, 0.15) is 6.92 Å². The predicted molar refractivity (Wildman–Crippen MR) is 38.2 cm³/mol. The first kappa shape index (κ1) is 5.65. The maximum atomic E-state index is 4.03. The van der Waals surface area contributed by atoms with Crippen molar-refractivity contribution in [3.8, 4) is 0 Å². The van der Waals surface area contributed by atoms with Crippen LogP contribution >= 0.6 is 0 Å². The molecule has 0 saturated carbocycles. The predicted octanol–water partition coefficient (Wildman–Crippen LogP) is 1.51. The van der Waals surface area contributed by atoms with Crippen LogP contribution in [0.4, 0.5) is 0 Å². The van der Waals surface area contributed by atoms with Gasteiger partial charge in [0.05, 0.1) is 0 Å². The Balaban J connectivity index is 2.26. The van der Waals surface area contributed by atoms with Crippen LogP contribution in [-0.4, -0.2) is 17.7 Å². The van der Waals surface area contributed by atoms with Gasteiger partial charge in [-0.3, -0.25) is 0 Å². The summed E-state index contributed by atoms with van der Waals surface area (Å²) in [5, 5.41) is 7.95. The molecule has 1 atom stereocenters. The molecular weight excluding hydrogens is 126 g/mol. The molecular formula is C7H9N3. The Morgan fingerprint density at radius 1 is 1.70 bits per heavy atom. The Morgan fingerprint density at radius 3 is 3.50 bits per heavy atom. The molecule has 2 heterocycles. The lowest BCUT2D eigenvalue weighted by Crippen LogP contribution is -2.24. The molecule has 2 aliphatic heterocycles. The second-order valence-corrected chi connectivity index (χ2v) is 2.55. The number of allylic oxidation sites excluding steroid dienone is 2. The minimum atomic E-state index is 0.185. The molecule has 2 aliphatic rings. The minimum absolute atomic E-state index is 0.185. The van der Waals surface area contributed by atoms with E-state index >= 15 is 0 Å². The summed E-state index contributed by atoms with van der Waals surface area (Å²) in [7, 11) is 0. The summed E-state index contributed by atoms with van der Waals surface area (Å²) in [6.45, 7) is 2.78. The van der Waals surface area contributed by atoms with Crippen molar-refractivity contribution in [1.82, 2.24) is 4.90 Å². The van der Waals surface area contributed by atoms with Crippen LogP contribution in [0.25, 0.3) is 0 Å². The van der Waals surface area contributed by atoms with Crippen molar-refractivity contribution in [2.75, 3.05) is 6.67 Å². The van der Waals surface area contributed by atoms with E-state index in [0.29, 0.717) is 6.67 Å². The highest BCUT2D eigenvalue weighted by Gasteiger charge is 2.18. The normalized spacial score (nSPS) is 28.7. The Labute approximate surface area is 59.7 Å². The quantitative estimate of drug-likeness (QED) is 0.494. The number of azo groups is 1. The van der Waals surface area contributed by atoms with E-state index in [0.717, 1.165) is 0 Å². The van der Waals surface area contributed by atoms with Crippen molar-refractivity contribution in [1.29, 1.82) is 0 Å². The van der Waals surface area contributed by atoms with Crippen molar-refractivity contribution in [3.63, 3.8) is 0 Å². The van der Waals surface area contributed by atoms with Crippen LogP contribution in [0.2, 0.25) is 0 Å². The van der Waals surface area contributed by atoms with Gasteiger partial charge in [0.25, 0.3) is 0 Å². The van der Waals surface area contributed by atoms with Gasteiger partial charge in [0, 0.05) is 6.20 Å². The highest BCUT2D eigenvalue weighted by Crippen LogP contribution is 2.18. The minimum Gasteiger partial charge on any atom is -0.330 e. The third-order valence-electron chi connectivity index (χ3n) is 1.71. The van der Waals surface area contributed by atoms with Crippen molar-refractivity contribution < 1.29 is 0 Å². The summed E-state index contributed by atoms with van der Waals surface area (Å²) < 4.78 is 0. The number of hydrogen-bond donors (Lipinski definition) is 0. The second kappa shape index (κ2) is 1.94. The first-order valence-corrected chi connectivity index (χ1v) is 3.35. The van der Waals surface area contributed by atoms with Gasteiger partial charge in [-0.05, 0) is 24.6 Å². The van der Waals surface area contributed by atoms with Crippen molar-refractivity contribution in [3.05, 3.63) is 23.9 Å². The van der Waals surface area contributed by atoms with E-state index in [1.54, 1.807) is 0 Å². The SMILES string of the molecule is CC1=CC2N=NCN2C=C1. The van der Waals surface area contributed by atoms with E-state index < -0.39 is 0 Å². The van der Waals surface area contributed by atoms with Gasteiger partial charge in [0.1, 0.15) is 6.67 Å². The highest BCUT2D eigenvalue weighted by molar-refractivity contribution is 5.23. The van der Waals surface area contributed by atoms with E-state index in [2.05, 4.69) is 34.2 Å². The van der Waals surface area contributed by atoms with Crippen LogP contribution in [0.5, 0.6) is 0 Å². The van der Waals surface area contributed by atoms with Crippen molar-refractivity contribution in [2.45, 2.75) is 13.1 Å². The summed E-state index contributed by atoms with van der Waals surface area (Å²) in [6, 6.07) is 0. The maximum absolute atomic E-state index is 4.03. The van der Waals surface area contributed by atoms with E-state index in [-0.39, 0.29) is 6.17 Å². The molecule has 0 fully saturated rings. The Bertz CT molecular complexity index is 227. The van der Waals surface area contributed by atoms with Crippen molar-refractivity contribution >= 4 is 0 Å². The van der Waals surface area contributed by atoms with Gasteiger partial charge in [-0.15, -0.1) is 0 Å². The first-order valence-electron chi connectivity index (χ1n) is 3.35. The van der Waals surface area contributed by atoms with Crippen LogP contribution in [0.15, 0.2) is 34.2 Å². The number of rotatable bonds is 0. The molecule has 0 aromatic rings. The molecule has 3 heteroatoms. The molecule has 0 radical (unpaired) electrons. The summed E-state index contributed by atoms with van der Waals surface area (Å²) in [5.41, 5.74) is 1.27.